The summed E-state index contributed by atoms with van der Waals surface area (Å²) in [6, 6.07) is 6.49. The Hall–Kier alpha value is -2.09. The molecule has 0 fully saturated rings. The molecular weight excluding hydrogens is 291 g/mol. The van der Waals surface area contributed by atoms with Gasteiger partial charge in [0.2, 0.25) is 0 Å². The Kier molecular flexibility index (Phi) is 5.71. The standard InChI is InChI=1S/C13H14F3NO4/c1-8(13(14,15)16)10(17)11(18)21-12(19)20-7-9-5-3-2-4-6-9/h2-6,8,10H,7,17H2,1H3/t8?,10-/m0/s1. The fraction of sp³-hybridized carbons (Fsp3) is 0.385. The minimum atomic E-state index is -4.66. The minimum Gasteiger partial charge on any atom is -0.429 e. The van der Waals surface area contributed by atoms with Crippen molar-refractivity contribution in [2.45, 2.75) is 25.7 Å². The molecule has 0 aliphatic carbocycles. The van der Waals surface area contributed by atoms with Crippen LogP contribution in [0.5, 0.6) is 0 Å². The van der Waals surface area contributed by atoms with Crippen molar-refractivity contribution in [3.63, 3.8) is 0 Å². The molecule has 5 nitrogen and oxygen atoms in total. The Bertz CT molecular complexity index is 490. The quantitative estimate of drug-likeness (QED) is 0.682. The summed E-state index contributed by atoms with van der Waals surface area (Å²) < 4.78 is 45.8. The van der Waals surface area contributed by atoms with Crippen LogP contribution in [0, 0.1) is 5.92 Å². The lowest BCUT2D eigenvalue weighted by Gasteiger charge is -2.20. The van der Waals surface area contributed by atoms with Gasteiger partial charge in [-0.25, -0.2) is 9.59 Å². The van der Waals surface area contributed by atoms with Crippen molar-refractivity contribution in [2.24, 2.45) is 11.7 Å². The van der Waals surface area contributed by atoms with Gasteiger partial charge in [0, 0.05) is 0 Å². The first kappa shape index (κ1) is 17.0. The number of esters is 1. The Labute approximate surface area is 118 Å². The number of rotatable bonds is 4. The molecule has 0 spiro atoms. The molecule has 2 atom stereocenters. The Morgan fingerprint density at radius 3 is 2.33 bits per heavy atom. The van der Waals surface area contributed by atoms with Crippen molar-refractivity contribution in [3.8, 4) is 0 Å². The van der Waals surface area contributed by atoms with Crippen LogP contribution in [0.15, 0.2) is 30.3 Å². The zero-order chi connectivity index (χ0) is 16.0. The number of nitrogens with two attached hydrogens (primary N) is 1. The number of alkyl halides is 3. The molecule has 1 rings (SSSR count). The predicted molar refractivity (Wildman–Crippen MR) is 65.9 cm³/mol. The van der Waals surface area contributed by atoms with Gasteiger partial charge in [0.05, 0.1) is 5.92 Å². The normalized spacial score (nSPS) is 14.1. The first-order valence-electron chi connectivity index (χ1n) is 5.96. The number of ether oxygens (including phenoxy) is 2. The first-order valence-corrected chi connectivity index (χ1v) is 5.96. The number of hydrogen-bond donors (Lipinski definition) is 1. The van der Waals surface area contributed by atoms with Crippen LogP contribution in [-0.2, 0) is 20.9 Å². The van der Waals surface area contributed by atoms with Gasteiger partial charge in [-0.15, -0.1) is 0 Å². The van der Waals surface area contributed by atoms with Crippen LogP contribution in [-0.4, -0.2) is 24.3 Å². The lowest BCUT2D eigenvalue weighted by Crippen LogP contribution is -2.45. The average molecular weight is 305 g/mol. The summed E-state index contributed by atoms with van der Waals surface area (Å²) in [4.78, 5) is 22.5. The summed E-state index contributed by atoms with van der Waals surface area (Å²) >= 11 is 0. The molecule has 0 aromatic heterocycles. The van der Waals surface area contributed by atoms with Crippen LogP contribution in [0.3, 0.4) is 0 Å². The highest BCUT2D eigenvalue weighted by Crippen LogP contribution is 2.28. The van der Waals surface area contributed by atoms with E-state index < -0.39 is 30.3 Å². The third-order valence-electron chi connectivity index (χ3n) is 2.71. The monoisotopic (exact) mass is 305 g/mol. The van der Waals surface area contributed by atoms with E-state index >= 15 is 0 Å². The van der Waals surface area contributed by atoms with Gasteiger partial charge in [0.25, 0.3) is 0 Å². The summed E-state index contributed by atoms with van der Waals surface area (Å²) in [5, 5.41) is 0. The molecule has 116 valence electrons. The molecule has 0 heterocycles. The Balaban J connectivity index is 2.45. The zero-order valence-corrected chi connectivity index (χ0v) is 11.1. The lowest BCUT2D eigenvalue weighted by molar-refractivity contribution is -0.183. The molecule has 2 N–H and O–H groups in total. The predicted octanol–water partition coefficient (Wildman–Crippen LogP) is 2.39. The first-order chi connectivity index (χ1) is 9.71. The maximum atomic E-state index is 12.4. The molecule has 1 aromatic carbocycles. The lowest BCUT2D eigenvalue weighted by atomic mass is 10.0. The second-order valence-electron chi connectivity index (χ2n) is 4.30. The molecule has 21 heavy (non-hydrogen) atoms. The number of carbonyl (C=O) groups excluding carboxylic acids is 2. The summed E-state index contributed by atoms with van der Waals surface area (Å²) in [6.45, 7) is 0.554. The largest absolute Gasteiger partial charge is 0.516 e. The third-order valence-corrected chi connectivity index (χ3v) is 2.71. The second kappa shape index (κ2) is 7.07. The van der Waals surface area contributed by atoms with Crippen LogP contribution in [0.25, 0.3) is 0 Å². The van der Waals surface area contributed by atoms with E-state index in [2.05, 4.69) is 9.47 Å². The molecule has 0 saturated heterocycles. The van der Waals surface area contributed by atoms with Gasteiger partial charge in [-0.1, -0.05) is 37.3 Å². The van der Waals surface area contributed by atoms with Gasteiger partial charge >= 0.3 is 18.3 Å². The van der Waals surface area contributed by atoms with Crippen molar-refractivity contribution in [2.75, 3.05) is 0 Å². The van der Waals surface area contributed by atoms with Crippen LogP contribution in [0.4, 0.5) is 18.0 Å². The average Bonchev–Trinajstić information content (AvgIpc) is 2.43. The number of hydrogen-bond acceptors (Lipinski definition) is 5. The van der Waals surface area contributed by atoms with Gasteiger partial charge in [-0.3, -0.25) is 0 Å². The van der Waals surface area contributed by atoms with Gasteiger partial charge in [-0.2, -0.15) is 13.2 Å². The van der Waals surface area contributed by atoms with E-state index in [1.165, 1.54) is 0 Å². The van der Waals surface area contributed by atoms with Crippen LogP contribution >= 0.6 is 0 Å². The highest BCUT2D eigenvalue weighted by atomic mass is 19.4. The van der Waals surface area contributed by atoms with E-state index in [1.54, 1.807) is 30.3 Å². The van der Waals surface area contributed by atoms with E-state index in [0.717, 1.165) is 6.92 Å². The van der Waals surface area contributed by atoms with Crippen molar-refractivity contribution in [1.82, 2.24) is 0 Å². The minimum absolute atomic E-state index is 0.170. The molecule has 8 heteroatoms. The van der Waals surface area contributed by atoms with E-state index in [1.807, 2.05) is 0 Å². The van der Waals surface area contributed by atoms with E-state index in [0.29, 0.717) is 5.56 Å². The maximum Gasteiger partial charge on any atom is 0.516 e. The Morgan fingerprint density at radius 1 is 1.24 bits per heavy atom. The summed E-state index contributed by atoms with van der Waals surface area (Å²) in [6.07, 6.45) is -6.06. The topological polar surface area (TPSA) is 78.6 Å². The fourth-order valence-corrected chi connectivity index (χ4v) is 1.30. The molecule has 1 unspecified atom stereocenters. The van der Waals surface area contributed by atoms with Crippen LogP contribution in [0.1, 0.15) is 12.5 Å². The highest BCUT2D eigenvalue weighted by molar-refractivity contribution is 5.85. The summed E-state index contributed by atoms with van der Waals surface area (Å²) in [5.41, 5.74) is 5.73. The SMILES string of the molecule is CC([C@H](N)C(=O)OC(=O)OCc1ccccc1)C(F)(F)F. The third kappa shape index (κ3) is 5.42. The summed E-state index contributed by atoms with van der Waals surface area (Å²) in [7, 11) is 0. The fourth-order valence-electron chi connectivity index (χ4n) is 1.30. The van der Waals surface area contributed by atoms with Crippen LogP contribution in [0.2, 0.25) is 0 Å². The molecule has 1 aromatic rings. The van der Waals surface area contributed by atoms with E-state index in [4.69, 9.17) is 5.73 Å². The molecule has 0 saturated carbocycles. The molecule has 0 bridgehead atoms. The summed E-state index contributed by atoms with van der Waals surface area (Å²) in [5.74, 6) is -3.62. The Morgan fingerprint density at radius 2 is 1.81 bits per heavy atom. The molecular formula is C13H14F3NO4. The van der Waals surface area contributed by atoms with Gasteiger partial charge in [0.15, 0.2) is 0 Å². The number of halogens is 3. The van der Waals surface area contributed by atoms with Crippen molar-refractivity contribution < 1.29 is 32.2 Å². The number of carbonyl (C=O) groups is 2. The second-order valence-corrected chi connectivity index (χ2v) is 4.30. The molecule has 0 amide bonds. The van der Waals surface area contributed by atoms with E-state index in [9.17, 15) is 22.8 Å². The smallest absolute Gasteiger partial charge is 0.429 e. The number of benzene rings is 1. The van der Waals surface area contributed by atoms with Crippen LogP contribution < -0.4 is 5.73 Å². The van der Waals surface area contributed by atoms with Crippen molar-refractivity contribution in [1.29, 1.82) is 0 Å². The van der Waals surface area contributed by atoms with Crippen molar-refractivity contribution in [3.05, 3.63) is 35.9 Å². The maximum absolute atomic E-state index is 12.4. The van der Waals surface area contributed by atoms with Gasteiger partial charge in [0.1, 0.15) is 12.6 Å². The van der Waals surface area contributed by atoms with Gasteiger partial charge in [-0.05, 0) is 5.56 Å². The van der Waals surface area contributed by atoms with E-state index in [-0.39, 0.29) is 6.61 Å². The zero-order valence-electron chi connectivity index (χ0n) is 11.1. The van der Waals surface area contributed by atoms with Crippen molar-refractivity contribution >= 4 is 12.1 Å². The molecule has 0 radical (unpaired) electrons. The molecule has 0 aliphatic rings. The highest BCUT2D eigenvalue weighted by Gasteiger charge is 2.43. The molecule has 0 aliphatic heterocycles. The van der Waals surface area contributed by atoms with Gasteiger partial charge < -0.3 is 15.2 Å².